The third kappa shape index (κ3) is 4.95. The topological polar surface area (TPSA) is 50.4 Å². The van der Waals surface area contributed by atoms with Gasteiger partial charge in [-0.15, -0.1) is 0 Å². The Bertz CT molecular complexity index is 705. The number of nitrogens with one attached hydrogen (secondary N) is 2. The molecule has 0 aromatic heterocycles. The molecule has 0 saturated carbocycles. The number of hydrogen-bond donors (Lipinski definition) is 2. The quantitative estimate of drug-likeness (QED) is 0.824. The molecular weight excluding hydrogens is 302 g/mol. The summed E-state index contributed by atoms with van der Waals surface area (Å²) in [4.78, 5) is 11.8. The number of halogens is 2. The number of benzene rings is 2. The second-order valence-electron chi connectivity index (χ2n) is 5.12. The van der Waals surface area contributed by atoms with Crippen molar-refractivity contribution in [2.24, 2.45) is 0 Å². The summed E-state index contributed by atoms with van der Waals surface area (Å²) in [5.41, 5.74) is 2.80. The highest BCUT2D eigenvalue weighted by Crippen LogP contribution is 2.17. The van der Waals surface area contributed by atoms with E-state index in [1.54, 1.807) is 0 Å². The smallest absolute Gasteiger partial charge is 0.319 e. The molecule has 0 heterocycles. The van der Waals surface area contributed by atoms with Gasteiger partial charge < -0.3 is 15.4 Å². The van der Waals surface area contributed by atoms with Gasteiger partial charge in [0.05, 0.1) is 6.54 Å². The van der Waals surface area contributed by atoms with Crippen LogP contribution < -0.4 is 15.4 Å². The molecule has 6 heteroatoms. The molecular formula is C17H18F2N2O2. The Morgan fingerprint density at radius 1 is 1.13 bits per heavy atom. The van der Waals surface area contributed by atoms with E-state index in [1.807, 2.05) is 32.0 Å². The number of carbonyl (C=O) groups excluding carboxylic acids is 1. The maximum atomic E-state index is 13.3. The van der Waals surface area contributed by atoms with Crippen molar-refractivity contribution in [2.45, 2.75) is 13.8 Å². The Kier molecular flexibility index (Phi) is 5.51. The van der Waals surface area contributed by atoms with Gasteiger partial charge in [0.1, 0.15) is 12.4 Å². The number of anilines is 1. The van der Waals surface area contributed by atoms with Crippen LogP contribution in [0, 0.1) is 25.5 Å². The van der Waals surface area contributed by atoms with Crippen molar-refractivity contribution in [3.8, 4) is 5.75 Å². The molecule has 0 fully saturated rings. The molecule has 0 unspecified atom stereocenters. The average Bonchev–Trinajstić information content (AvgIpc) is 2.48. The summed E-state index contributed by atoms with van der Waals surface area (Å²) in [6.45, 7) is 4.14. The van der Waals surface area contributed by atoms with E-state index in [-0.39, 0.29) is 24.9 Å². The van der Waals surface area contributed by atoms with Crippen molar-refractivity contribution in [1.82, 2.24) is 5.32 Å². The molecule has 122 valence electrons. The Morgan fingerprint density at radius 2 is 1.91 bits per heavy atom. The zero-order valence-corrected chi connectivity index (χ0v) is 13.0. The van der Waals surface area contributed by atoms with Gasteiger partial charge in [-0.05, 0) is 37.6 Å². The monoisotopic (exact) mass is 320 g/mol. The van der Waals surface area contributed by atoms with Crippen molar-refractivity contribution in [1.29, 1.82) is 0 Å². The Morgan fingerprint density at radius 3 is 2.61 bits per heavy atom. The van der Waals surface area contributed by atoms with E-state index in [2.05, 4.69) is 10.6 Å². The van der Waals surface area contributed by atoms with Gasteiger partial charge in [-0.3, -0.25) is 0 Å². The van der Waals surface area contributed by atoms with E-state index in [0.717, 1.165) is 28.9 Å². The lowest BCUT2D eigenvalue weighted by Crippen LogP contribution is -2.32. The minimum absolute atomic E-state index is 0.0528. The molecule has 0 spiro atoms. The number of rotatable bonds is 5. The summed E-state index contributed by atoms with van der Waals surface area (Å²) in [6, 6.07) is 8.39. The van der Waals surface area contributed by atoms with Crippen LogP contribution in [0.1, 0.15) is 11.1 Å². The summed E-state index contributed by atoms with van der Waals surface area (Å²) in [5, 5.41) is 5.33. The molecule has 0 atom stereocenters. The molecule has 0 radical (unpaired) electrons. The zero-order chi connectivity index (χ0) is 16.8. The molecule has 2 aromatic rings. The van der Waals surface area contributed by atoms with E-state index >= 15 is 0 Å². The summed E-state index contributed by atoms with van der Waals surface area (Å²) >= 11 is 0. The second kappa shape index (κ2) is 7.58. The SMILES string of the molecule is Cc1ccc(NC(=O)NCCOc2ccc(F)cc2F)c(C)c1. The molecule has 4 nitrogen and oxygen atoms in total. The first-order valence-electron chi connectivity index (χ1n) is 7.15. The highest BCUT2D eigenvalue weighted by atomic mass is 19.1. The maximum Gasteiger partial charge on any atom is 0.319 e. The van der Waals surface area contributed by atoms with E-state index in [9.17, 15) is 13.6 Å². The van der Waals surface area contributed by atoms with Gasteiger partial charge in [0.15, 0.2) is 11.6 Å². The standard InChI is InChI=1S/C17H18F2N2O2/c1-11-3-5-15(12(2)9-11)21-17(22)20-7-8-23-16-6-4-13(18)10-14(16)19/h3-6,9-10H,7-8H2,1-2H3,(H2,20,21,22). The minimum Gasteiger partial charge on any atom is -0.489 e. The first kappa shape index (κ1) is 16.7. The molecule has 2 amide bonds. The number of urea groups is 1. The van der Waals surface area contributed by atoms with Crippen LogP contribution in [-0.2, 0) is 0 Å². The first-order chi connectivity index (χ1) is 11.0. The lowest BCUT2D eigenvalue weighted by atomic mass is 10.1. The van der Waals surface area contributed by atoms with Gasteiger partial charge in [-0.2, -0.15) is 0 Å². The van der Waals surface area contributed by atoms with Crippen molar-refractivity contribution in [3.63, 3.8) is 0 Å². The predicted molar refractivity (Wildman–Crippen MR) is 84.8 cm³/mol. The van der Waals surface area contributed by atoms with E-state index in [4.69, 9.17) is 4.74 Å². The molecule has 0 bridgehead atoms. The normalized spacial score (nSPS) is 10.3. The van der Waals surface area contributed by atoms with Crippen molar-refractivity contribution in [2.75, 3.05) is 18.5 Å². The molecule has 2 aromatic carbocycles. The van der Waals surface area contributed by atoms with Gasteiger partial charge in [0.25, 0.3) is 0 Å². The van der Waals surface area contributed by atoms with Gasteiger partial charge in [-0.1, -0.05) is 17.7 Å². The summed E-state index contributed by atoms with van der Waals surface area (Å²) in [7, 11) is 0. The molecule has 2 rings (SSSR count). The fraction of sp³-hybridized carbons (Fsp3) is 0.235. The number of aryl methyl sites for hydroxylation is 2. The predicted octanol–water partition coefficient (Wildman–Crippen LogP) is 3.78. The summed E-state index contributed by atoms with van der Waals surface area (Å²) in [5.74, 6) is -1.49. The lowest BCUT2D eigenvalue weighted by molar-refractivity contribution is 0.246. The van der Waals surface area contributed by atoms with E-state index in [0.29, 0.717) is 0 Å². The van der Waals surface area contributed by atoms with Crippen molar-refractivity contribution < 1.29 is 18.3 Å². The molecule has 2 N–H and O–H groups in total. The van der Waals surface area contributed by atoms with Crippen LogP contribution in [0.4, 0.5) is 19.3 Å². The van der Waals surface area contributed by atoms with Gasteiger partial charge in [0, 0.05) is 11.8 Å². The van der Waals surface area contributed by atoms with Crippen LogP contribution in [0.15, 0.2) is 36.4 Å². The Hall–Kier alpha value is -2.63. The highest BCUT2D eigenvalue weighted by molar-refractivity contribution is 5.90. The third-order valence-electron chi connectivity index (χ3n) is 3.17. The number of ether oxygens (including phenoxy) is 1. The molecule has 0 aliphatic carbocycles. The molecule has 23 heavy (non-hydrogen) atoms. The number of carbonyl (C=O) groups is 1. The van der Waals surface area contributed by atoms with E-state index in [1.165, 1.54) is 6.07 Å². The number of amides is 2. The second-order valence-corrected chi connectivity index (χ2v) is 5.12. The summed E-state index contributed by atoms with van der Waals surface area (Å²) in [6.07, 6.45) is 0. The van der Waals surface area contributed by atoms with E-state index < -0.39 is 11.6 Å². The van der Waals surface area contributed by atoms with Crippen molar-refractivity contribution in [3.05, 3.63) is 59.2 Å². The summed E-state index contributed by atoms with van der Waals surface area (Å²) < 4.78 is 31.2. The molecule has 0 aliphatic rings. The molecule has 0 aliphatic heterocycles. The zero-order valence-electron chi connectivity index (χ0n) is 13.0. The Labute approximate surface area is 133 Å². The van der Waals surface area contributed by atoms with Crippen LogP contribution in [0.2, 0.25) is 0 Å². The van der Waals surface area contributed by atoms with Crippen LogP contribution >= 0.6 is 0 Å². The van der Waals surface area contributed by atoms with Crippen LogP contribution in [0.25, 0.3) is 0 Å². The minimum atomic E-state index is -0.773. The van der Waals surface area contributed by atoms with Crippen LogP contribution in [-0.4, -0.2) is 19.2 Å². The Balaban J connectivity index is 1.76. The molecule has 0 saturated heterocycles. The third-order valence-corrected chi connectivity index (χ3v) is 3.17. The average molecular weight is 320 g/mol. The van der Waals surface area contributed by atoms with Crippen LogP contribution in [0.5, 0.6) is 5.75 Å². The van der Waals surface area contributed by atoms with Gasteiger partial charge in [-0.25, -0.2) is 13.6 Å². The lowest BCUT2D eigenvalue weighted by Gasteiger charge is -2.11. The number of hydrogen-bond acceptors (Lipinski definition) is 2. The highest BCUT2D eigenvalue weighted by Gasteiger charge is 2.06. The maximum absolute atomic E-state index is 13.3. The fourth-order valence-corrected chi connectivity index (χ4v) is 2.04. The van der Waals surface area contributed by atoms with Crippen LogP contribution in [0.3, 0.4) is 0 Å². The van der Waals surface area contributed by atoms with Crippen molar-refractivity contribution >= 4 is 11.7 Å². The van der Waals surface area contributed by atoms with Gasteiger partial charge in [0.2, 0.25) is 0 Å². The largest absolute Gasteiger partial charge is 0.489 e. The fourth-order valence-electron chi connectivity index (χ4n) is 2.04. The van der Waals surface area contributed by atoms with Gasteiger partial charge >= 0.3 is 6.03 Å². The first-order valence-corrected chi connectivity index (χ1v) is 7.15.